The molecular weight excluding hydrogens is 437 g/mol. The van der Waals surface area contributed by atoms with Crippen LogP contribution < -0.4 is 10.2 Å². The number of piperazine rings is 1. The molecule has 1 aromatic carbocycles. The Hall–Kier alpha value is -3.44. The third kappa shape index (κ3) is 2.96. The van der Waals surface area contributed by atoms with Crippen LogP contribution in [0.3, 0.4) is 0 Å². The van der Waals surface area contributed by atoms with Gasteiger partial charge in [-0.1, -0.05) is 0 Å². The maximum atomic E-state index is 14.6. The Morgan fingerprint density at radius 3 is 2.56 bits per heavy atom. The molecule has 7 nitrogen and oxygen atoms in total. The summed E-state index contributed by atoms with van der Waals surface area (Å²) in [7, 11) is 1.51. The minimum absolute atomic E-state index is 0.110. The lowest BCUT2D eigenvalue weighted by Crippen LogP contribution is -2.56. The van der Waals surface area contributed by atoms with E-state index >= 15 is 0 Å². The Bertz CT molecular complexity index is 1280. The summed E-state index contributed by atoms with van der Waals surface area (Å²) in [5.41, 5.74) is -2.52. The van der Waals surface area contributed by atoms with Gasteiger partial charge in [0, 0.05) is 36.8 Å². The third-order valence-corrected chi connectivity index (χ3v) is 6.05. The minimum atomic E-state index is -5.15. The van der Waals surface area contributed by atoms with E-state index < -0.39 is 34.7 Å². The molecule has 1 spiro atoms. The predicted molar refractivity (Wildman–Crippen MR) is 103 cm³/mol. The lowest BCUT2D eigenvalue weighted by atomic mass is 10.0. The number of aromatic nitrogens is 3. The quantitative estimate of drug-likeness (QED) is 0.583. The number of fused-ring (bicyclic) bond motifs is 1. The first-order valence-electron chi connectivity index (χ1n) is 9.67. The van der Waals surface area contributed by atoms with E-state index in [1.165, 1.54) is 17.9 Å². The summed E-state index contributed by atoms with van der Waals surface area (Å²) in [4.78, 5) is 18.1. The van der Waals surface area contributed by atoms with Crippen LogP contribution in [0.15, 0.2) is 18.3 Å². The highest BCUT2D eigenvalue weighted by molar-refractivity contribution is 5.95. The smallest absolute Gasteiger partial charge is 0.419 e. The lowest BCUT2D eigenvalue weighted by molar-refractivity contribution is -0.140. The largest absolute Gasteiger partial charge is 0.503 e. The number of aryl methyl sites for hydroxylation is 1. The van der Waals surface area contributed by atoms with Gasteiger partial charge in [-0.05, 0) is 18.9 Å². The van der Waals surface area contributed by atoms with Crippen molar-refractivity contribution in [1.29, 1.82) is 0 Å². The number of halogens is 5. The number of carbonyl (C=O) groups excluding carboxylic acids is 1. The number of rotatable bonds is 2. The maximum Gasteiger partial charge on any atom is 0.419 e. The summed E-state index contributed by atoms with van der Waals surface area (Å²) in [5, 5.41) is 16.8. The first-order chi connectivity index (χ1) is 15.0. The monoisotopic (exact) mass is 453 g/mol. The van der Waals surface area contributed by atoms with Gasteiger partial charge in [-0.15, -0.1) is 0 Å². The molecule has 1 saturated heterocycles. The summed E-state index contributed by atoms with van der Waals surface area (Å²) < 4.78 is 69.4. The van der Waals surface area contributed by atoms with Gasteiger partial charge in [0.1, 0.15) is 11.5 Å². The number of nitrogens with zero attached hydrogens (tertiary/aromatic N) is 4. The van der Waals surface area contributed by atoms with Crippen molar-refractivity contribution in [3.05, 3.63) is 35.5 Å². The molecule has 5 rings (SSSR count). The topological polar surface area (TPSA) is 83.3 Å². The number of nitrogens with one attached hydrogen (secondary N) is 1. The zero-order chi connectivity index (χ0) is 23.0. The number of carbonyl (C=O) groups is 1. The summed E-state index contributed by atoms with van der Waals surface area (Å²) in [5.74, 6) is -5.04. The highest BCUT2D eigenvalue weighted by Gasteiger charge is 2.51. The van der Waals surface area contributed by atoms with Crippen molar-refractivity contribution in [2.45, 2.75) is 24.6 Å². The molecule has 2 N–H and O–H groups in total. The van der Waals surface area contributed by atoms with Crippen molar-refractivity contribution < 1.29 is 31.9 Å². The van der Waals surface area contributed by atoms with Gasteiger partial charge in [0.2, 0.25) is 5.91 Å². The first-order valence-corrected chi connectivity index (χ1v) is 9.67. The molecule has 0 atom stereocenters. The fourth-order valence-corrected chi connectivity index (χ4v) is 4.13. The highest BCUT2D eigenvalue weighted by atomic mass is 19.4. The van der Waals surface area contributed by atoms with Crippen LogP contribution in [0.2, 0.25) is 0 Å². The molecule has 2 aromatic heterocycles. The van der Waals surface area contributed by atoms with E-state index in [0.29, 0.717) is 17.9 Å². The number of phenolic OH excluding ortho intramolecular Hbond substituents is 1. The molecule has 3 aromatic rings. The van der Waals surface area contributed by atoms with Crippen molar-refractivity contribution in [2.24, 2.45) is 7.05 Å². The van der Waals surface area contributed by atoms with Crippen molar-refractivity contribution in [3.8, 4) is 17.0 Å². The second-order valence-electron chi connectivity index (χ2n) is 8.07. The van der Waals surface area contributed by atoms with Crippen molar-refractivity contribution in [2.75, 3.05) is 18.0 Å². The van der Waals surface area contributed by atoms with Crippen LogP contribution in [0.5, 0.6) is 5.75 Å². The minimum Gasteiger partial charge on any atom is -0.503 e. The van der Waals surface area contributed by atoms with Crippen LogP contribution in [0.4, 0.5) is 27.8 Å². The Balaban J connectivity index is 1.65. The first kappa shape index (κ1) is 20.5. The van der Waals surface area contributed by atoms with Gasteiger partial charge in [0.15, 0.2) is 17.4 Å². The average molecular weight is 453 g/mol. The summed E-state index contributed by atoms with van der Waals surface area (Å²) in [6, 6.07) is 1.91. The molecule has 0 unspecified atom stereocenters. The number of amides is 1. The fourth-order valence-electron chi connectivity index (χ4n) is 4.13. The SMILES string of the molecule is Cn1nc(-c2cc(C(F)(F)F)c(F)c(O)c2F)c2cnc(N3CC(=O)NCC34CC4)cc21. The second kappa shape index (κ2) is 6.53. The number of aromatic hydroxyl groups is 1. The van der Waals surface area contributed by atoms with E-state index in [4.69, 9.17) is 0 Å². The van der Waals surface area contributed by atoms with Crippen molar-refractivity contribution in [1.82, 2.24) is 20.1 Å². The zero-order valence-electron chi connectivity index (χ0n) is 16.6. The molecule has 168 valence electrons. The van der Waals surface area contributed by atoms with Gasteiger partial charge in [-0.2, -0.15) is 18.3 Å². The second-order valence-corrected chi connectivity index (χ2v) is 8.07. The number of anilines is 1. The molecule has 0 bridgehead atoms. The summed E-state index contributed by atoms with van der Waals surface area (Å²) in [6.07, 6.45) is -2.07. The summed E-state index contributed by atoms with van der Waals surface area (Å²) >= 11 is 0. The number of pyridine rings is 1. The van der Waals surface area contributed by atoms with E-state index in [9.17, 15) is 31.9 Å². The van der Waals surface area contributed by atoms with Gasteiger partial charge in [0.25, 0.3) is 0 Å². The van der Waals surface area contributed by atoms with Crippen LogP contribution in [0, 0.1) is 11.6 Å². The van der Waals surface area contributed by atoms with Crippen molar-refractivity contribution in [3.63, 3.8) is 0 Å². The standard InChI is InChI=1S/C20H16F5N5O2/c1-29-12-5-13(30-7-14(31)27-8-19(30)2-3-19)26-6-10(12)17(28-29)9-4-11(20(23,24)25)16(22)18(32)15(9)21/h4-6,32H,2-3,7-8H2,1H3,(H,27,31). The Kier molecular flexibility index (Phi) is 4.18. The maximum absolute atomic E-state index is 14.6. The Morgan fingerprint density at radius 1 is 1.19 bits per heavy atom. The molecule has 3 heterocycles. The number of phenols is 1. The van der Waals surface area contributed by atoms with Gasteiger partial charge < -0.3 is 15.3 Å². The number of alkyl halides is 3. The van der Waals surface area contributed by atoms with Crippen LogP contribution in [-0.4, -0.2) is 44.4 Å². The fraction of sp³-hybridized carbons (Fsp3) is 0.350. The van der Waals surface area contributed by atoms with E-state index in [0.717, 1.165) is 12.8 Å². The molecule has 1 saturated carbocycles. The molecule has 32 heavy (non-hydrogen) atoms. The predicted octanol–water partition coefficient (Wildman–Crippen LogP) is 3.11. The van der Waals surface area contributed by atoms with Gasteiger partial charge in [-0.3, -0.25) is 9.48 Å². The Morgan fingerprint density at radius 2 is 1.91 bits per heavy atom. The highest BCUT2D eigenvalue weighted by Crippen LogP contribution is 2.45. The molecule has 12 heteroatoms. The van der Waals surface area contributed by atoms with Crippen LogP contribution in [-0.2, 0) is 18.0 Å². The van der Waals surface area contributed by atoms with Gasteiger partial charge in [-0.25, -0.2) is 13.8 Å². The third-order valence-electron chi connectivity index (χ3n) is 6.05. The van der Waals surface area contributed by atoms with E-state index in [1.54, 1.807) is 6.07 Å². The van der Waals surface area contributed by atoms with Crippen molar-refractivity contribution >= 4 is 22.6 Å². The van der Waals surface area contributed by atoms with E-state index in [1.807, 2.05) is 4.90 Å². The molecule has 2 aliphatic rings. The molecular formula is C20H16F5N5O2. The lowest BCUT2D eigenvalue weighted by Gasteiger charge is -2.36. The van der Waals surface area contributed by atoms with Gasteiger partial charge in [0.05, 0.1) is 23.2 Å². The molecule has 1 amide bonds. The average Bonchev–Trinajstić information content (AvgIpc) is 3.44. The van der Waals surface area contributed by atoms with E-state index in [-0.39, 0.29) is 35.1 Å². The normalized spacial score (nSPS) is 17.8. The Labute approximate surface area is 177 Å². The number of benzene rings is 1. The summed E-state index contributed by atoms with van der Waals surface area (Å²) in [6.45, 7) is 0.598. The van der Waals surface area contributed by atoms with Crippen LogP contribution in [0.1, 0.15) is 18.4 Å². The van der Waals surface area contributed by atoms with Crippen LogP contribution in [0.25, 0.3) is 22.2 Å². The van der Waals surface area contributed by atoms with Gasteiger partial charge >= 0.3 is 6.18 Å². The molecule has 1 aliphatic heterocycles. The molecule has 2 fully saturated rings. The van der Waals surface area contributed by atoms with Crippen LogP contribution >= 0.6 is 0 Å². The zero-order valence-corrected chi connectivity index (χ0v) is 16.6. The molecule has 0 radical (unpaired) electrons. The number of hydrogen-bond acceptors (Lipinski definition) is 5. The molecule has 1 aliphatic carbocycles. The van der Waals surface area contributed by atoms with E-state index in [2.05, 4.69) is 15.4 Å². The number of hydrogen-bond donors (Lipinski definition) is 2.